The fraction of sp³-hybridized carbons (Fsp3) is 0.625. The first-order valence-corrected chi connectivity index (χ1v) is 16.0. The predicted octanol–water partition coefficient (Wildman–Crippen LogP) is 3.57. The summed E-state index contributed by atoms with van der Waals surface area (Å²) in [6.45, 7) is 6.83. The van der Waals surface area contributed by atoms with Crippen molar-refractivity contribution in [1.82, 2.24) is 10.2 Å². The maximum atomic E-state index is 13.7. The van der Waals surface area contributed by atoms with Gasteiger partial charge < -0.3 is 35.0 Å². The zero-order valence-electron chi connectivity index (χ0n) is 25.0. The highest BCUT2D eigenvalue weighted by molar-refractivity contribution is 14.1. The average Bonchev–Trinajstić information content (AvgIpc) is 2.99. The van der Waals surface area contributed by atoms with E-state index in [0.29, 0.717) is 51.0 Å². The molecule has 4 aliphatic carbocycles. The molecule has 6 unspecified atom stereocenters. The molecule has 6 atom stereocenters. The number of carbonyl (C=O) groups is 2. The van der Waals surface area contributed by atoms with Crippen LogP contribution in [-0.4, -0.2) is 77.1 Å². The number of aliphatic hydroxyl groups is 3. The van der Waals surface area contributed by atoms with Crippen LogP contribution in [0.3, 0.4) is 0 Å². The Kier molecular flexibility index (Phi) is 11.0. The molecule has 0 saturated heterocycles. The van der Waals surface area contributed by atoms with Crippen LogP contribution >= 0.6 is 22.6 Å². The largest absolute Gasteiger partial charge is 0.493 e. The highest BCUT2D eigenvalue weighted by Crippen LogP contribution is 2.61. The van der Waals surface area contributed by atoms with Gasteiger partial charge in [-0.15, -0.1) is 0 Å². The van der Waals surface area contributed by atoms with E-state index in [1.54, 1.807) is 29.2 Å². The van der Waals surface area contributed by atoms with Gasteiger partial charge in [0.15, 0.2) is 11.5 Å². The molecular formula is C32H45IN2O7. The van der Waals surface area contributed by atoms with Crippen LogP contribution in [0.5, 0.6) is 11.5 Å². The van der Waals surface area contributed by atoms with Crippen molar-refractivity contribution in [1.29, 1.82) is 0 Å². The number of nitrogens with zero attached hydrogens (tertiary/aromatic N) is 1. The Morgan fingerprint density at radius 2 is 2.00 bits per heavy atom. The van der Waals surface area contributed by atoms with Crippen LogP contribution in [0, 0.1) is 26.7 Å². The summed E-state index contributed by atoms with van der Waals surface area (Å²) in [5, 5.41) is 33.5. The van der Waals surface area contributed by atoms with Gasteiger partial charge in [0, 0.05) is 25.1 Å². The Morgan fingerprint density at radius 1 is 1.24 bits per heavy atom. The summed E-state index contributed by atoms with van der Waals surface area (Å²) in [5.74, 6) is 1.75. The van der Waals surface area contributed by atoms with E-state index in [1.165, 1.54) is 13.5 Å². The van der Waals surface area contributed by atoms with E-state index in [2.05, 4.69) is 41.8 Å². The fourth-order valence-electron chi connectivity index (χ4n) is 7.03. The Labute approximate surface area is 262 Å². The number of hydrogen-bond donors (Lipinski definition) is 4. The Balaban J connectivity index is 1.70. The van der Waals surface area contributed by atoms with Crippen molar-refractivity contribution < 1.29 is 34.4 Å². The van der Waals surface area contributed by atoms with Crippen LogP contribution in [0.4, 0.5) is 0 Å². The van der Waals surface area contributed by atoms with Gasteiger partial charge in [0.1, 0.15) is 12.2 Å². The van der Waals surface area contributed by atoms with Gasteiger partial charge in [0.05, 0.1) is 29.9 Å². The molecule has 2 amide bonds. The molecule has 4 N–H and O–H groups in total. The maximum Gasteiger partial charge on any atom is 0.247 e. The van der Waals surface area contributed by atoms with E-state index in [0.717, 1.165) is 18.8 Å². The van der Waals surface area contributed by atoms with Gasteiger partial charge in [-0.25, -0.2) is 0 Å². The second kappa shape index (κ2) is 14.1. The first-order valence-electron chi connectivity index (χ1n) is 14.9. The van der Waals surface area contributed by atoms with Gasteiger partial charge in [-0.2, -0.15) is 0 Å². The van der Waals surface area contributed by atoms with Gasteiger partial charge in [0.2, 0.25) is 11.8 Å². The van der Waals surface area contributed by atoms with Crippen LogP contribution in [0.2, 0.25) is 0 Å². The quantitative estimate of drug-likeness (QED) is 0.195. The third kappa shape index (κ3) is 6.81. The van der Waals surface area contributed by atoms with E-state index in [-0.39, 0.29) is 43.4 Å². The highest BCUT2D eigenvalue weighted by Gasteiger charge is 2.55. The number of rotatable bonds is 12. The number of benzene rings is 1. The molecule has 0 aliphatic heterocycles. The number of ether oxygens (including phenoxy) is 2. The molecule has 42 heavy (non-hydrogen) atoms. The maximum absolute atomic E-state index is 13.7. The second-order valence-corrected chi connectivity index (χ2v) is 13.4. The average molecular weight is 697 g/mol. The van der Waals surface area contributed by atoms with Gasteiger partial charge >= 0.3 is 0 Å². The number of carbonyl (C=O) groups excluding carboxylic acids is 2. The number of aliphatic hydroxyl groups excluding tert-OH is 3. The minimum Gasteiger partial charge on any atom is -0.493 e. The Morgan fingerprint density at radius 3 is 2.62 bits per heavy atom. The van der Waals surface area contributed by atoms with Crippen LogP contribution in [0.15, 0.2) is 35.9 Å². The number of methoxy groups -OCH3 is 1. The van der Waals surface area contributed by atoms with Gasteiger partial charge in [-0.1, -0.05) is 26.8 Å². The monoisotopic (exact) mass is 696 g/mol. The normalized spacial score (nSPS) is 28.0. The molecule has 2 bridgehead atoms. The van der Waals surface area contributed by atoms with Gasteiger partial charge in [-0.3, -0.25) is 9.59 Å². The van der Waals surface area contributed by atoms with Crippen LogP contribution in [0.25, 0.3) is 0 Å². The lowest BCUT2D eigenvalue weighted by atomic mass is 9.45. The van der Waals surface area contributed by atoms with E-state index in [1.807, 2.05) is 13.0 Å². The molecule has 1 aromatic carbocycles. The topological polar surface area (TPSA) is 129 Å². The molecule has 3 fully saturated rings. The van der Waals surface area contributed by atoms with Gasteiger partial charge in [0.25, 0.3) is 0 Å². The summed E-state index contributed by atoms with van der Waals surface area (Å²) >= 11 is 2.09. The van der Waals surface area contributed by atoms with Gasteiger partial charge in [-0.05, 0) is 101 Å². The minimum absolute atomic E-state index is 0.0884. The highest BCUT2D eigenvalue weighted by atomic mass is 127. The van der Waals surface area contributed by atoms with Crippen molar-refractivity contribution in [2.75, 3.05) is 26.8 Å². The molecule has 5 rings (SSSR count). The molecule has 0 radical (unpaired) electrons. The van der Waals surface area contributed by atoms with Crippen molar-refractivity contribution in [3.8, 4) is 11.5 Å². The third-order valence-electron chi connectivity index (χ3n) is 9.55. The van der Waals surface area contributed by atoms with Crippen molar-refractivity contribution in [2.45, 2.75) is 77.7 Å². The first-order chi connectivity index (χ1) is 20.0. The lowest BCUT2D eigenvalue weighted by molar-refractivity contribution is -0.143. The summed E-state index contributed by atoms with van der Waals surface area (Å²) in [6, 6.07) is 2.74. The molecule has 9 nitrogen and oxygen atoms in total. The number of amides is 2. The first kappa shape index (κ1) is 32.8. The Bertz CT molecular complexity index is 1200. The van der Waals surface area contributed by atoms with E-state index < -0.39 is 18.2 Å². The number of allylic oxidation sites excluding steroid dienone is 1. The van der Waals surface area contributed by atoms with Crippen molar-refractivity contribution in [3.63, 3.8) is 0 Å². The summed E-state index contributed by atoms with van der Waals surface area (Å²) in [4.78, 5) is 28.7. The fourth-order valence-corrected chi connectivity index (χ4v) is 7.82. The van der Waals surface area contributed by atoms with E-state index in [4.69, 9.17) is 9.47 Å². The van der Waals surface area contributed by atoms with Crippen LogP contribution < -0.4 is 14.8 Å². The molecule has 0 aromatic heterocycles. The zero-order valence-corrected chi connectivity index (χ0v) is 27.2. The summed E-state index contributed by atoms with van der Waals surface area (Å²) in [7, 11) is 1.50. The molecule has 3 saturated carbocycles. The lowest BCUT2D eigenvalue weighted by Crippen LogP contribution is -2.59. The molecule has 0 spiro atoms. The number of hydrogen-bond acceptors (Lipinski definition) is 7. The smallest absolute Gasteiger partial charge is 0.247 e. The van der Waals surface area contributed by atoms with Crippen molar-refractivity contribution in [2.24, 2.45) is 23.2 Å². The SMILES string of the molecule is CCC=CC(=O)N(CC1CCC2CC1C2(C)C)C1CC(C(=O)NCCO)=CC(Oc2c(I)cc(CO)cc2OC)C1O. The van der Waals surface area contributed by atoms with E-state index in [9.17, 15) is 24.9 Å². The predicted molar refractivity (Wildman–Crippen MR) is 168 cm³/mol. The standard InChI is InChI=1S/C32H45IN2O7/c1-5-6-7-28(38)35(17-20-8-9-22-16-23(20)32(22,2)3)25-14-21(31(40)34-10-11-36)15-26(29(25)39)42-30-24(33)12-19(18-37)13-27(30)41-4/h6-7,12-13,15,20,22-23,25-26,29,36-37,39H,5,8-11,14,16-18H2,1-4H3,(H,34,40). The van der Waals surface area contributed by atoms with E-state index >= 15 is 0 Å². The van der Waals surface area contributed by atoms with Crippen molar-refractivity contribution >= 4 is 34.4 Å². The summed E-state index contributed by atoms with van der Waals surface area (Å²) < 4.78 is 12.6. The van der Waals surface area contributed by atoms with Crippen LogP contribution in [0.1, 0.15) is 58.4 Å². The third-order valence-corrected chi connectivity index (χ3v) is 10.4. The molecule has 0 heterocycles. The molecular weight excluding hydrogens is 651 g/mol. The zero-order chi connectivity index (χ0) is 30.6. The Hall–Kier alpha value is -2.15. The summed E-state index contributed by atoms with van der Waals surface area (Å²) in [5.41, 5.74) is 1.27. The number of nitrogens with one attached hydrogen (secondary N) is 1. The summed E-state index contributed by atoms with van der Waals surface area (Å²) in [6.07, 6.45) is 7.12. The molecule has 4 aliphatic rings. The molecule has 10 heteroatoms. The van der Waals surface area contributed by atoms with Crippen molar-refractivity contribution in [3.05, 3.63) is 45.1 Å². The lowest BCUT2D eigenvalue weighted by Gasteiger charge is -2.61. The second-order valence-electron chi connectivity index (χ2n) is 12.3. The van der Waals surface area contributed by atoms with Crippen LogP contribution in [-0.2, 0) is 16.2 Å². The minimum atomic E-state index is -1.12. The molecule has 1 aromatic rings. The number of fused-ring (bicyclic) bond motifs is 2. The number of halogens is 1. The molecule has 232 valence electrons.